The fourth-order valence-corrected chi connectivity index (χ4v) is 1.07. The van der Waals surface area contributed by atoms with Gasteiger partial charge in [0.2, 0.25) is 0 Å². The molecule has 6 heteroatoms. The minimum Gasteiger partial charge on any atom is -0.224 e. The van der Waals surface area contributed by atoms with Crippen molar-refractivity contribution in [1.82, 2.24) is 14.8 Å². The van der Waals surface area contributed by atoms with Crippen LogP contribution in [0, 0.1) is 6.07 Å². The van der Waals surface area contributed by atoms with Gasteiger partial charge in [0, 0.05) is 12.3 Å². The van der Waals surface area contributed by atoms with E-state index in [0.717, 1.165) is 6.07 Å². The SMILES string of the molecule is FC(F)(F)c1cccc(-n2c[c]cn2)n1. The van der Waals surface area contributed by atoms with E-state index in [0.29, 0.717) is 0 Å². The van der Waals surface area contributed by atoms with Gasteiger partial charge in [-0.3, -0.25) is 0 Å². The molecule has 0 fully saturated rings. The Kier molecular flexibility index (Phi) is 2.18. The van der Waals surface area contributed by atoms with E-state index in [-0.39, 0.29) is 5.82 Å². The van der Waals surface area contributed by atoms with E-state index in [4.69, 9.17) is 0 Å². The lowest BCUT2D eigenvalue weighted by molar-refractivity contribution is -0.141. The summed E-state index contributed by atoms with van der Waals surface area (Å²) in [5.74, 6) is 0.117. The number of halogens is 3. The Balaban J connectivity index is 2.44. The van der Waals surface area contributed by atoms with E-state index in [1.54, 1.807) is 0 Å². The van der Waals surface area contributed by atoms with Gasteiger partial charge < -0.3 is 0 Å². The highest BCUT2D eigenvalue weighted by molar-refractivity contribution is 5.24. The Morgan fingerprint density at radius 3 is 2.67 bits per heavy atom. The second-order valence-corrected chi connectivity index (χ2v) is 2.76. The first-order valence-electron chi connectivity index (χ1n) is 4.03. The molecule has 0 aliphatic rings. The third-order valence-electron chi connectivity index (χ3n) is 1.71. The molecule has 2 aromatic heterocycles. The highest BCUT2D eigenvalue weighted by atomic mass is 19.4. The molecule has 0 N–H and O–H groups in total. The molecule has 0 spiro atoms. The average Bonchev–Trinajstić information content (AvgIpc) is 2.69. The number of hydrogen-bond donors (Lipinski definition) is 0. The van der Waals surface area contributed by atoms with Gasteiger partial charge in [0.1, 0.15) is 5.69 Å². The molecule has 1 radical (unpaired) electrons. The fraction of sp³-hybridized carbons (Fsp3) is 0.111. The summed E-state index contributed by atoms with van der Waals surface area (Å²) in [5, 5.41) is 3.74. The number of pyridine rings is 1. The minimum atomic E-state index is -4.44. The molecule has 2 heterocycles. The number of alkyl halides is 3. The molecule has 0 aliphatic carbocycles. The Morgan fingerprint density at radius 1 is 1.27 bits per heavy atom. The van der Waals surface area contributed by atoms with Crippen LogP contribution in [-0.2, 0) is 6.18 Å². The van der Waals surface area contributed by atoms with Crippen LogP contribution in [0.2, 0.25) is 0 Å². The van der Waals surface area contributed by atoms with E-state index >= 15 is 0 Å². The fourth-order valence-electron chi connectivity index (χ4n) is 1.07. The van der Waals surface area contributed by atoms with E-state index < -0.39 is 11.9 Å². The zero-order chi connectivity index (χ0) is 10.9. The van der Waals surface area contributed by atoms with Crippen molar-refractivity contribution in [3.05, 3.63) is 42.4 Å². The van der Waals surface area contributed by atoms with Crippen LogP contribution < -0.4 is 0 Å². The molecular formula is C9H5F3N3. The van der Waals surface area contributed by atoms with E-state index in [9.17, 15) is 13.2 Å². The van der Waals surface area contributed by atoms with Crippen molar-refractivity contribution in [1.29, 1.82) is 0 Å². The van der Waals surface area contributed by atoms with Gasteiger partial charge in [-0.15, -0.1) is 0 Å². The van der Waals surface area contributed by atoms with Gasteiger partial charge in [-0.25, -0.2) is 9.67 Å². The van der Waals surface area contributed by atoms with Gasteiger partial charge in [-0.05, 0) is 12.1 Å². The average molecular weight is 212 g/mol. The predicted octanol–water partition coefficient (Wildman–Crippen LogP) is 2.09. The van der Waals surface area contributed by atoms with E-state index in [1.165, 1.54) is 29.2 Å². The van der Waals surface area contributed by atoms with Crippen molar-refractivity contribution < 1.29 is 13.2 Å². The summed E-state index contributed by atoms with van der Waals surface area (Å²) in [6.45, 7) is 0. The Bertz CT molecular complexity index is 448. The predicted molar refractivity (Wildman–Crippen MR) is 45.2 cm³/mol. The van der Waals surface area contributed by atoms with Gasteiger partial charge in [0.25, 0.3) is 0 Å². The van der Waals surface area contributed by atoms with Crippen molar-refractivity contribution in [2.75, 3.05) is 0 Å². The van der Waals surface area contributed by atoms with Crippen LogP contribution in [0.3, 0.4) is 0 Å². The molecule has 77 valence electrons. The quantitative estimate of drug-likeness (QED) is 0.724. The summed E-state index contributed by atoms with van der Waals surface area (Å²) in [6.07, 6.45) is -1.68. The molecule has 3 nitrogen and oxygen atoms in total. The summed E-state index contributed by atoms with van der Waals surface area (Å²) in [6, 6.07) is 6.26. The standard InChI is InChI=1S/C9H5F3N3/c10-9(11,12)7-3-1-4-8(14-7)15-6-2-5-13-15/h1,3-6H. The molecule has 15 heavy (non-hydrogen) atoms. The molecule has 0 aliphatic heterocycles. The Morgan fingerprint density at radius 2 is 2.07 bits per heavy atom. The lowest BCUT2D eigenvalue weighted by Crippen LogP contribution is -2.10. The van der Waals surface area contributed by atoms with Crippen LogP contribution in [0.5, 0.6) is 0 Å². The first-order valence-corrected chi connectivity index (χ1v) is 4.03. The Hall–Kier alpha value is -1.85. The van der Waals surface area contributed by atoms with Crippen LogP contribution in [0.25, 0.3) is 5.82 Å². The van der Waals surface area contributed by atoms with Gasteiger partial charge >= 0.3 is 6.18 Å². The molecule has 0 saturated heterocycles. The zero-order valence-corrected chi connectivity index (χ0v) is 7.36. The van der Waals surface area contributed by atoms with Crippen molar-refractivity contribution in [3.63, 3.8) is 0 Å². The summed E-state index contributed by atoms with van der Waals surface area (Å²) >= 11 is 0. The second kappa shape index (κ2) is 3.38. The molecule has 2 rings (SSSR count). The third kappa shape index (κ3) is 1.98. The second-order valence-electron chi connectivity index (χ2n) is 2.76. The molecule has 0 atom stereocenters. The zero-order valence-electron chi connectivity index (χ0n) is 7.36. The largest absolute Gasteiger partial charge is 0.433 e. The highest BCUT2D eigenvalue weighted by Crippen LogP contribution is 2.27. The number of nitrogens with zero attached hydrogens (tertiary/aromatic N) is 3. The third-order valence-corrected chi connectivity index (χ3v) is 1.71. The van der Waals surface area contributed by atoms with Crippen LogP contribution in [0.15, 0.2) is 30.6 Å². The van der Waals surface area contributed by atoms with Gasteiger partial charge in [0.15, 0.2) is 5.82 Å². The summed E-state index contributed by atoms with van der Waals surface area (Å²) in [5.41, 5.74) is -0.935. The van der Waals surface area contributed by atoms with Crippen molar-refractivity contribution in [2.45, 2.75) is 6.18 Å². The molecule has 0 bridgehead atoms. The molecule has 0 unspecified atom stereocenters. The van der Waals surface area contributed by atoms with Crippen LogP contribution in [0.4, 0.5) is 13.2 Å². The monoisotopic (exact) mass is 212 g/mol. The van der Waals surface area contributed by atoms with Crippen molar-refractivity contribution in [3.8, 4) is 5.82 Å². The normalized spacial score (nSPS) is 11.7. The number of rotatable bonds is 1. The first-order chi connectivity index (χ1) is 7.07. The summed E-state index contributed by atoms with van der Waals surface area (Å²) < 4.78 is 38.1. The van der Waals surface area contributed by atoms with Crippen LogP contribution in [-0.4, -0.2) is 14.8 Å². The van der Waals surface area contributed by atoms with Crippen LogP contribution in [0.1, 0.15) is 5.69 Å². The smallest absolute Gasteiger partial charge is 0.224 e. The molecular weight excluding hydrogens is 207 g/mol. The van der Waals surface area contributed by atoms with Crippen molar-refractivity contribution >= 4 is 0 Å². The van der Waals surface area contributed by atoms with Crippen molar-refractivity contribution in [2.24, 2.45) is 0 Å². The Labute approximate surface area is 83.2 Å². The lowest BCUT2D eigenvalue weighted by Gasteiger charge is -2.07. The topological polar surface area (TPSA) is 30.7 Å². The maximum atomic E-state index is 12.3. The minimum absolute atomic E-state index is 0.117. The molecule has 0 amide bonds. The first kappa shape index (κ1) is 9.70. The molecule has 0 aromatic carbocycles. The maximum absolute atomic E-state index is 12.3. The van der Waals surface area contributed by atoms with E-state index in [2.05, 4.69) is 16.1 Å². The summed E-state index contributed by atoms with van der Waals surface area (Å²) in [4.78, 5) is 3.44. The van der Waals surface area contributed by atoms with Gasteiger partial charge in [0.05, 0.1) is 6.20 Å². The molecule has 2 aromatic rings. The molecule has 0 saturated carbocycles. The number of aromatic nitrogens is 3. The lowest BCUT2D eigenvalue weighted by atomic mass is 10.3. The number of hydrogen-bond acceptors (Lipinski definition) is 2. The maximum Gasteiger partial charge on any atom is 0.433 e. The highest BCUT2D eigenvalue weighted by Gasteiger charge is 2.32. The van der Waals surface area contributed by atoms with Crippen LogP contribution >= 0.6 is 0 Å². The van der Waals surface area contributed by atoms with Gasteiger partial charge in [-0.2, -0.15) is 18.3 Å². The van der Waals surface area contributed by atoms with Gasteiger partial charge in [-0.1, -0.05) is 6.07 Å². The van der Waals surface area contributed by atoms with E-state index in [1.807, 2.05) is 0 Å². The summed E-state index contributed by atoms with van der Waals surface area (Å²) in [7, 11) is 0.